The van der Waals surface area contributed by atoms with Crippen molar-refractivity contribution in [3.8, 4) is 11.5 Å². The zero-order valence-corrected chi connectivity index (χ0v) is 10.1. The molecule has 0 saturated heterocycles. The quantitative estimate of drug-likeness (QED) is 0.846. The minimum atomic E-state index is -0.410. The molecule has 1 saturated carbocycles. The molecule has 94 valence electrons. The first-order valence-corrected chi connectivity index (χ1v) is 5.85. The highest BCUT2D eigenvalue weighted by atomic mass is 16.6. The molecule has 0 aliphatic heterocycles. The van der Waals surface area contributed by atoms with E-state index in [1.807, 2.05) is 31.2 Å². The van der Waals surface area contributed by atoms with Crippen molar-refractivity contribution in [2.75, 3.05) is 13.7 Å². The van der Waals surface area contributed by atoms with Gasteiger partial charge in [0.25, 0.3) is 0 Å². The van der Waals surface area contributed by atoms with Gasteiger partial charge in [0.15, 0.2) is 0 Å². The minimum absolute atomic E-state index is 0.0621. The normalized spacial score (nSPS) is 27.4. The first-order valence-electron chi connectivity index (χ1n) is 5.85. The van der Waals surface area contributed by atoms with Crippen molar-refractivity contribution in [3.63, 3.8) is 0 Å². The summed E-state index contributed by atoms with van der Waals surface area (Å²) < 4.78 is 16.2. The van der Waals surface area contributed by atoms with Crippen molar-refractivity contribution >= 4 is 0 Å². The van der Waals surface area contributed by atoms with E-state index in [0.717, 1.165) is 11.5 Å². The van der Waals surface area contributed by atoms with Gasteiger partial charge in [-0.1, -0.05) is 0 Å². The molecule has 0 bridgehead atoms. The lowest BCUT2D eigenvalue weighted by atomic mass is 9.88. The third-order valence-electron chi connectivity index (χ3n) is 2.91. The molecule has 1 aliphatic rings. The first-order chi connectivity index (χ1) is 8.24. The topological polar surface area (TPSA) is 47.9 Å². The number of rotatable bonds is 5. The maximum Gasteiger partial charge on any atom is 0.130 e. The average molecular weight is 238 g/mol. The molecule has 3 atom stereocenters. The number of benzene rings is 1. The number of methoxy groups -OCH3 is 1. The summed E-state index contributed by atoms with van der Waals surface area (Å²) in [5.41, 5.74) is 0. The highest BCUT2D eigenvalue weighted by Gasteiger charge is 2.42. The first kappa shape index (κ1) is 12.2. The molecule has 1 aromatic rings. The van der Waals surface area contributed by atoms with Gasteiger partial charge in [-0.05, 0) is 31.2 Å². The highest BCUT2D eigenvalue weighted by Crippen LogP contribution is 2.29. The van der Waals surface area contributed by atoms with Crippen LogP contribution in [0, 0.1) is 0 Å². The van der Waals surface area contributed by atoms with Crippen LogP contribution in [0.25, 0.3) is 0 Å². The SMILES string of the molecule is CCOc1ccc(OC2CC(O)C2OC)cc1. The third kappa shape index (κ3) is 2.70. The van der Waals surface area contributed by atoms with E-state index in [-0.39, 0.29) is 12.2 Å². The zero-order valence-electron chi connectivity index (χ0n) is 10.1. The number of hydrogen-bond donors (Lipinski definition) is 1. The van der Waals surface area contributed by atoms with Crippen LogP contribution in [0.1, 0.15) is 13.3 Å². The molecule has 0 heterocycles. The fourth-order valence-corrected chi connectivity index (χ4v) is 1.94. The van der Waals surface area contributed by atoms with Crippen molar-refractivity contribution in [1.29, 1.82) is 0 Å². The highest BCUT2D eigenvalue weighted by molar-refractivity contribution is 5.31. The summed E-state index contributed by atoms with van der Waals surface area (Å²) in [6, 6.07) is 7.47. The summed E-state index contributed by atoms with van der Waals surface area (Å²) in [7, 11) is 1.58. The van der Waals surface area contributed by atoms with Crippen LogP contribution in [-0.2, 0) is 4.74 Å². The molecule has 0 aromatic heterocycles. The Morgan fingerprint density at radius 3 is 2.41 bits per heavy atom. The van der Waals surface area contributed by atoms with Gasteiger partial charge in [-0.3, -0.25) is 0 Å². The molecule has 17 heavy (non-hydrogen) atoms. The van der Waals surface area contributed by atoms with E-state index in [9.17, 15) is 5.11 Å². The Labute approximate surface area is 101 Å². The summed E-state index contributed by atoms with van der Waals surface area (Å²) >= 11 is 0. The Hall–Kier alpha value is -1.26. The third-order valence-corrected chi connectivity index (χ3v) is 2.91. The molecule has 0 radical (unpaired) electrons. The molecular formula is C13H18O4. The fourth-order valence-electron chi connectivity index (χ4n) is 1.94. The van der Waals surface area contributed by atoms with Gasteiger partial charge >= 0.3 is 0 Å². The van der Waals surface area contributed by atoms with Crippen molar-refractivity contribution in [2.24, 2.45) is 0 Å². The van der Waals surface area contributed by atoms with Crippen molar-refractivity contribution in [3.05, 3.63) is 24.3 Å². The Balaban J connectivity index is 1.91. The molecule has 0 spiro atoms. The largest absolute Gasteiger partial charge is 0.494 e. The predicted octanol–water partition coefficient (Wildman–Crippen LogP) is 1.61. The van der Waals surface area contributed by atoms with Gasteiger partial charge in [0, 0.05) is 13.5 Å². The average Bonchev–Trinajstić information content (AvgIpc) is 2.31. The second-order valence-electron chi connectivity index (χ2n) is 4.06. The van der Waals surface area contributed by atoms with Gasteiger partial charge in [-0.2, -0.15) is 0 Å². The van der Waals surface area contributed by atoms with Gasteiger partial charge < -0.3 is 19.3 Å². The Morgan fingerprint density at radius 1 is 1.24 bits per heavy atom. The number of aliphatic hydroxyl groups excluding tert-OH is 1. The molecule has 4 heteroatoms. The van der Waals surface area contributed by atoms with Crippen molar-refractivity contribution in [1.82, 2.24) is 0 Å². The number of hydrogen-bond acceptors (Lipinski definition) is 4. The lowest BCUT2D eigenvalue weighted by molar-refractivity contribution is -0.149. The predicted molar refractivity (Wildman–Crippen MR) is 63.4 cm³/mol. The van der Waals surface area contributed by atoms with Crippen LogP contribution in [0.15, 0.2) is 24.3 Å². The smallest absolute Gasteiger partial charge is 0.130 e. The second-order valence-corrected chi connectivity index (χ2v) is 4.06. The molecule has 1 N–H and O–H groups in total. The van der Waals surface area contributed by atoms with E-state index in [1.54, 1.807) is 7.11 Å². The minimum Gasteiger partial charge on any atom is -0.494 e. The second kappa shape index (κ2) is 5.38. The lowest BCUT2D eigenvalue weighted by Crippen LogP contribution is -2.54. The molecule has 1 aliphatic carbocycles. The molecular weight excluding hydrogens is 220 g/mol. The summed E-state index contributed by atoms with van der Waals surface area (Å²) in [6.45, 7) is 2.60. The summed E-state index contributed by atoms with van der Waals surface area (Å²) in [6.07, 6.45) is -0.0756. The lowest BCUT2D eigenvalue weighted by Gasteiger charge is -2.39. The molecule has 1 fully saturated rings. The van der Waals surface area contributed by atoms with E-state index < -0.39 is 6.10 Å². The van der Waals surface area contributed by atoms with Crippen LogP contribution in [0.4, 0.5) is 0 Å². The summed E-state index contributed by atoms with van der Waals surface area (Å²) in [5.74, 6) is 1.60. The molecule has 2 rings (SSSR count). The van der Waals surface area contributed by atoms with Crippen LogP contribution in [-0.4, -0.2) is 37.1 Å². The Morgan fingerprint density at radius 2 is 1.88 bits per heavy atom. The standard InChI is InChI=1S/C13H18O4/c1-3-16-9-4-6-10(7-5-9)17-12-8-11(14)13(12)15-2/h4-7,11-14H,3,8H2,1-2H3. The van der Waals surface area contributed by atoms with Crippen LogP contribution >= 0.6 is 0 Å². The molecule has 4 nitrogen and oxygen atoms in total. The van der Waals surface area contributed by atoms with Gasteiger partial charge in [0.05, 0.1) is 12.7 Å². The fraction of sp³-hybridized carbons (Fsp3) is 0.538. The number of aliphatic hydroxyl groups is 1. The molecule has 1 aromatic carbocycles. The van der Waals surface area contributed by atoms with Gasteiger partial charge in [0.1, 0.15) is 23.7 Å². The van der Waals surface area contributed by atoms with Crippen LogP contribution in [0.5, 0.6) is 11.5 Å². The zero-order chi connectivity index (χ0) is 12.3. The van der Waals surface area contributed by atoms with Crippen molar-refractivity contribution < 1.29 is 19.3 Å². The molecule has 0 amide bonds. The summed E-state index contributed by atoms with van der Waals surface area (Å²) in [4.78, 5) is 0. The van der Waals surface area contributed by atoms with Gasteiger partial charge in [-0.25, -0.2) is 0 Å². The van der Waals surface area contributed by atoms with E-state index in [0.29, 0.717) is 13.0 Å². The van der Waals surface area contributed by atoms with Crippen LogP contribution in [0.3, 0.4) is 0 Å². The maximum atomic E-state index is 9.45. The van der Waals surface area contributed by atoms with Crippen LogP contribution in [0.2, 0.25) is 0 Å². The Bertz CT molecular complexity index is 349. The van der Waals surface area contributed by atoms with Crippen LogP contribution < -0.4 is 9.47 Å². The summed E-state index contributed by atoms with van der Waals surface area (Å²) in [5, 5.41) is 9.45. The van der Waals surface area contributed by atoms with Gasteiger partial charge in [0.2, 0.25) is 0 Å². The maximum absolute atomic E-state index is 9.45. The monoisotopic (exact) mass is 238 g/mol. The van der Waals surface area contributed by atoms with E-state index >= 15 is 0 Å². The van der Waals surface area contributed by atoms with E-state index in [1.165, 1.54) is 0 Å². The van der Waals surface area contributed by atoms with Crippen molar-refractivity contribution in [2.45, 2.75) is 31.7 Å². The van der Waals surface area contributed by atoms with E-state index in [2.05, 4.69) is 0 Å². The Kier molecular flexibility index (Phi) is 3.86. The van der Waals surface area contributed by atoms with Gasteiger partial charge in [-0.15, -0.1) is 0 Å². The number of ether oxygens (including phenoxy) is 3. The van der Waals surface area contributed by atoms with E-state index in [4.69, 9.17) is 14.2 Å². The molecule has 3 unspecified atom stereocenters.